The highest BCUT2D eigenvalue weighted by Crippen LogP contribution is 2.25. The second-order valence-electron chi connectivity index (χ2n) is 4.79. The van der Waals surface area contributed by atoms with E-state index in [1.807, 2.05) is 0 Å². The first-order valence-electron chi connectivity index (χ1n) is 6.45. The molecule has 0 bridgehead atoms. The van der Waals surface area contributed by atoms with Crippen molar-refractivity contribution >= 4 is 21.6 Å². The summed E-state index contributed by atoms with van der Waals surface area (Å²) in [6.07, 6.45) is 2.43. The monoisotopic (exact) mass is 296 g/mol. The topological polar surface area (TPSA) is 15.3 Å². The van der Waals surface area contributed by atoms with Crippen molar-refractivity contribution in [3.05, 3.63) is 28.2 Å². The summed E-state index contributed by atoms with van der Waals surface area (Å²) < 4.78 is 1.17. The van der Waals surface area contributed by atoms with Crippen molar-refractivity contribution in [1.82, 2.24) is 5.32 Å². The first-order valence-corrected chi connectivity index (χ1v) is 7.24. The number of anilines is 1. The number of aryl methyl sites for hydroxylation is 1. The molecule has 0 radical (unpaired) electrons. The molecule has 0 amide bonds. The Kier molecular flexibility index (Phi) is 4.46. The summed E-state index contributed by atoms with van der Waals surface area (Å²) in [7, 11) is 0. The molecule has 1 heterocycles. The van der Waals surface area contributed by atoms with Gasteiger partial charge >= 0.3 is 0 Å². The highest BCUT2D eigenvalue weighted by Gasteiger charge is 2.17. The highest BCUT2D eigenvalue weighted by atomic mass is 79.9. The van der Waals surface area contributed by atoms with E-state index in [4.69, 9.17) is 0 Å². The lowest BCUT2D eigenvalue weighted by Gasteiger charge is -2.27. The minimum absolute atomic E-state index is 0.626. The molecule has 94 valence electrons. The normalized spacial score (nSPS) is 21.4. The van der Waals surface area contributed by atoms with Gasteiger partial charge in [0.25, 0.3) is 0 Å². The van der Waals surface area contributed by atoms with Crippen molar-refractivity contribution in [2.75, 3.05) is 24.5 Å². The lowest BCUT2D eigenvalue weighted by Crippen LogP contribution is -2.37. The number of rotatable bonds is 2. The molecule has 1 unspecified atom stereocenters. The zero-order valence-electron chi connectivity index (χ0n) is 10.7. The predicted octanol–water partition coefficient (Wildman–Crippen LogP) is 3.34. The molecular weight excluding hydrogens is 276 g/mol. The molecule has 2 nitrogen and oxygen atoms in total. The van der Waals surface area contributed by atoms with Crippen molar-refractivity contribution in [2.45, 2.75) is 32.7 Å². The van der Waals surface area contributed by atoms with Crippen molar-refractivity contribution in [3.63, 3.8) is 0 Å². The number of hydrogen-bond acceptors (Lipinski definition) is 2. The Balaban J connectivity index is 2.19. The summed E-state index contributed by atoms with van der Waals surface area (Å²) in [5, 5.41) is 3.61. The van der Waals surface area contributed by atoms with E-state index in [-0.39, 0.29) is 0 Å². The van der Waals surface area contributed by atoms with Crippen LogP contribution in [0, 0.1) is 6.92 Å². The summed E-state index contributed by atoms with van der Waals surface area (Å²) in [6.45, 7) is 7.88. The van der Waals surface area contributed by atoms with E-state index in [9.17, 15) is 0 Å². The molecular formula is C14H21BrN2. The van der Waals surface area contributed by atoms with Crippen LogP contribution in [0.5, 0.6) is 0 Å². The molecule has 1 saturated heterocycles. The van der Waals surface area contributed by atoms with E-state index >= 15 is 0 Å². The van der Waals surface area contributed by atoms with Crippen LogP contribution in [0.4, 0.5) is 5.69 Å². The van der Waals surface area contributed by atoms with Crippen LogP contribution >= 0.6 is 15.9 Å². The Morgan fingerprint density at radius 2 is 2.29 bits per heavy atom. The molecule has 1 atom stereocenters. The molecule has 1 aromatic carbocycles. The van der Waals surface area contributed by atoms with Gasteiger partial charge < -0.3 is 10.2 Å². The summed E-state index contributed by atoms with van der Waals surface area (Å²) in [4.78, 5) is 2.52. The molecule has 0 aliphatic carbocycles. The fourth-order valence-corrected chi connectivity index (χ4v) is 2.94. The first-order chi connectivity index (χ1) is 8.20. The molecule has 0 saturated carbocycles. The predicted molar refractivity (Wildman–Crippen MR) is 77.8 cm³/mol. The van der Waals surface area contributed by atoms with E-state index in [0.717, 1.165) is 19.6 Å². The van der Waals surface area contributed by atoms with E-state index in [2.05, 4.69) is 58.2 Å². The van der Waals surface area contributed by atoms with Crippen molar-refractivity contribution < 1.29 is 0 Å². The Morgan fingerprint density at radius 3 is 3.00 bits per heavy atom. The molecule has 1 aromatic rings. The number of halogens is 1. The van der Waals surface area contributed by atoms with Crippen molar-refractivity contribution in [3.8, 4) is 0 Å². The summed E-state index contributed by atoms with van der Waals surface area (Å²) in [5.41, 5.74) is 2.74. The summed E-state index contributed by atoms with van der Waals surface area (Å²) >= 11 is 3.53. The smallest absolute Gasteiger partial charge is 0.0397 e. The number of benzene rings is 1. The third-order valence-electron chi connectivity index (χ3n) is 3.47. The van der Waals surface area contributed by atoms with Crippen LogP contribution in [0.1, 0.15) is 25.3 Å². The van der Waals surface area contributed by atoms with Gasteiger partial charge in [-0.25, -0.2) is 0 Å². The van der Waals surface area contributed by atoms with Crippen molar-refractivity contribution in [1.29, 1.82) is 0 Å². The maximum absolute atomic E-state index is 3.61. The highest BCUT2D eigenvalue weighted by molar-refractivity contribution is 9.10. The summed E-state index contributed by atoms with van der Waals surface area (Å²) in [6, 6.07) is 7.20. The van der Waals surface area contributed by atoms with Crippen LogP contribution in [0.2, 0.25) is 0 Å². The lowest BCUT2D eigenvalue weighted by molar-refractivity contribution is 0.528. The number of nitrogens with zero attached hydrogens (tertiary/aromatic N) is 1. The molecule has 1 fully saturated rings. The second-order valence-corrected chi connectivity index (χ2v) is 5.71. The third kappa shape index (κ3) is 3.23. The van der Waals surface area contributed by atoms with Gasteiger partial charge in [0.1, 0.15) is 0 Å². The van der Waals surface area contributed by atoms with Gasteiger partial charge in [0.15, 0.2) is 0 Å². The van der Waals surface area contributed by atoms with Gasteiger partial charge in [-0.2, -0.15) is 0 Å². The second kappa shape index (κ2) is 5.87. The largest absolute Gasteiger partial charge is 0.370 e. The minimum Gasteiger partial charge on any atom is -0.370 e. The fourth-order valence-electron chi connectivity index (χ4n) is 2.46. The quantitative estimate of drug-likeness (QED) is 0.900. The maximum Gasteiger partial charge on any atom is 0.0397 e. The van der Waals surface area contributed by atoms with Crippen LogP contribution in [-0.4, -0.2) is 25.7 Å². The van der Waals surface area contributed by atoms with Gasteiger partial charge in [0, 0.05) is 29.3 Å². The zero-order valence-corrected chi connectivity index (χ0v) is 12.3. The fraction of sp³-hybridized carbons (Fsp3) is 0.571. The number of hydrogen-bond donors (Lipinski definition) is 1. The van der Waals surface area contributed by atoms with E-state index in [0.29, 0.717) is 6.04 Å². The first kappa shape index (κ1) is 12.9. The molecule has 1 N–H and O–H groups in total. The third-order valence-corrected chi connectivity index (χ3v) is 3.96. The molecule has 0 aromatic heterocycles. The minimum atomic E-state index is 0.626. The molecule has 17 heavy (non-hydrogen) atoms. The Hall–Kier alpha value is -0.540. The van der Waals surface area contributed by atoms with Crippen LogP contribution in [0.15, 0.2) is 22.7 Å². The SMILES string of the molecule is CCC1CN(c2ccc(Br)cc2C)CCCN1. The molecule has 1 aliphatic rings. The van der Waals surface area contributed by atoms with E-state index in [1.165, 1.54) is 28.6 Å². The van der Waals surface area contributed by atoms with Gasteiger partial charge in [-0.15, -0.1) is 0 Å². The van der Waals surface area contributed by atoms with Gasteiger partial charge in [0.2, 0.25) is 0 Å². The standard InChI is InChI=1S/C14H21BrN2/c1-3-13-10-17(8-4-7-16-13)14-6-5-12(15)9-11(14)2/h5-6,9,13,16H,3-4,7-8,10H2,1-2H3. The van der Waals surface area contributed by atoms with Gasteiger partial charge in [-0.1, -0.05) is 22.9 Å². The van der Waals surface area contributed by atoms with Crippen LogP contribution in [-0.2, 0) is 0 Å². The van der Waals surface area contributed by atoms with Gasteiger partial charge in [-0.05, 0) is 50.1 Å². The van der Waals surface area contributed by atoms with Crippen LogP contribution in [0.25, 0.3) is 0 Å². The summed E-state index contributed by atoms with van der Waals surface area (Å²) in [5.74, 6) is 0. The van der Waals surface area contributed by atoms with Gasteiger partial charge in [0.05, 0.1) is 0 Å². The van der Waals surface area contributed by atoms with Gasteiger partial charge in [-0.3, -0.25) is 0 Å². The van der Waals surface area contributed by atoms with E-state index in [1.54, 1.807) is 0 Å². The van der Waals surface area contributed by atoms with Crippen molar-refractivity contribution in [2.24, 2.45) is 0 Å². The average Bonchev–Trinajstić information content (AvgIpc) is 2.54. The molecule has 2 rings (SSSR count). The van der Waals surface area contributed by atoms with Crippen LogP contribution < -0.4 is 10.2 Å². The Morgan fingerprint density at radius 1 is 1.47 bits per heavy atom. The maximum atomic E-state index is 3.61. The average molecular weight is 297 g/mol. The van der Waals surface area contributed by atoms with Crippen LogP contribution in [0.3, 0.4) is 0 Å². The van der Waals surface area contributed by atoms with E-state index < -0.39 is 0 Å². The Labute approximate surface area is 113 Å². The molecule has 1 aliphatic heterocycles. The lowest BCUT2D eigenvalue weighted by atomic mass is 10.1. The molecule has 0 spiro atoms. The Bertz CT molecular complexity index is 378. The zero-order chi connectivity index (χ0) is 12.3. The molecule has 3 heteroatoms. The number of nitrogens with one attached hydrogen (secondary N) is 1.